The van der Waals surface area contributed by atoms with Crippen molar-refractivity contribution in [3.05, 3.63) is 93.4 Å². The van der Waals surface area contributed by atoms with Crippen LogP contribution in [-0.4, -0.2) is 57.9 Å². The van der Waals surface area contributed by atoms with Gasteiger partial charge in [0.25, 0.3) is 11.5 Å². The van der Waals surface area contributed by atoms with Crippen LogP contribution in [0.15, 0.2) is 71.5 Å². The first-order valence-electron chi connectivity index (χ1n) is 13.3. The second-order valence-electron chi connectivity index (χ2n) is 10.3. The Bertz CT molecular complexity index is 1840. The number of rotatable bonds is 4. The molecule has 1 atom stereocenters. The van der Waals surface area contributed by atoms with E-state index in [0.717, 1.165) is 16.6 Å². The fourth-order valence-electron chi connectivity index (χ4n) is 5.77. The van der Waals surface area contributed by atoms with Gasteiger partial charge in [0.2, 0.25) is 0 Å². The molecule has 0 unspecified atom stereocenters. The molecule has 204 valence electrons. The number of carbonyl (C=O) groups excluding carboxylic acids is 1. The summed E-state index contributed by atoms with van der Waals surface area (Å²) in [5.74, 6) is 0.284. The quantitative estimate of drug-likeness (QED) is 0.305. The Balaban J connectivity index is 1.48. The molecule has 1 fully saturated rings. The van der Waals surface area contributed by atoms with Crippen LogP contribution < -0.4 is 15.2 Å². The first kappa shape index (κ1) is 26.0. The molecule has 0 bridgehead atoms. The van der Waals surface area contributed by atoms with E-state index in [4.69, 9.17) is 21.4 Å². The lowest BCUT2D eigenvalue weighted by molar-refractivity contribution is 0.0721. The average molecular weight is 556 g/mol. The number of aromatic nitrogens is 3. The summed E-state index contributed by atoms with van der Waals surface area (Å²) in [6, 6.07) is 21.3. The zero-order chi connectivity index (χ0) is 28.1. The summed E-state index contributed by atoms with van der Waals surface area (Å²) in [5.41, 5.74) is 3.99. The maximum Gasteiger partial charge on any atom is 0.296 e. The van der Waals surface area contributed by atoms with E-state index in [1.807, 2.05) is 40.8 Å². The molecule has 1 aliphatic rings. The summed E-state index contributed by atoms with van der Waals surface area (Å²) in [6.07, 6.45) is 0. The Morgan fingerprint density at radius 3 is 2.55 bits per heavy atom. The van der Waals surface area contributed by atoms with Gasteiger partial charge < -0.3 is 19.1 Å². The van der Waals surface area contributed by atoms with E-state index in [2.05, 4.69) is 43.0 Å². The number of halogens is 1. The van der Waals surface area contributed by atoms with Gasteiger partial charge in [-0.2, -0.15) is 9.78 Å². The van der Waals surface area contributed by atoms with E-state index < -0.39 is 0 Å². The summed E-state index contributed by atoms with van der Waals surface area (Å²) >= 11 is 6.41. The van der Waals surface area contributed by atoms with Gasteiger partial charge in [-0.25, -0.2) is 0 Å². The maximum atomic E-state index is 14.2. The molecule has 0 aliphatic carbocycles. The van der Waals surface area contributed by atoms with Gasteiger partial charge in [0, 0.05) is 54.7 Å². The second-order valence-corrected chi connectivity index (χ2v) is 10.7. The van der Waals surface area contributed by atoms with Crippen molar-refractivity contribution in [1.29, 1.82) is 0 Å². The first-order valence-corrected chi connectivity index (χ1v) is 13.6. The molecule has 40 heavy (non-hydrogen) atoms. The number of benzene rings is 3. The van der Waals surface area contributed by atoms with Crippen LogP contribution in [0.2, 0.25) is 5.02 Å². The highest BCUT2D eigenvalue weighted by molar-refractivity contribution is 6.32. The molecule has 6 rings (SSSR count). The van der Waals surface area contributed by atoms with E-state index in [9.17, 15) is 9.59 Å². The lowest BCUT2D eigenvalue weighted by Crippen LogP contribution is -2.54. The van der Waals surface area contributed by atoms with Crippen LogP contribution in [0.5, 0.6) is 5.75 Å². The molecule has 9 heteroatoms. The zero-order valence-electron chi connectivity index (χ0n) is 22.9. The number of methoxy groups -OCH3 is 1. The van der Waals surface area contributed by atoms with Crippen LogP contribution in [-0.2, 0) is 7.05 Å². The van der Waals surface area contributed by atoms with Crippen LogP contribution in [0.4, 0.5) is 5.69 Å². The maximum absolute atomic E-state index is 14.2. The molecule has 0 spiro atoms. The van der Waals surface area contributed by atoms with Crippen LogP contribution in [0.3, 0.4) is 0 Å². The predicted molar refractivity (Wildman–Crippen MR) is 159 cm³/mol. The monoisotopic (exact) mass is 555 g/mol. The number of carbonyl (C=O) groups is 1. The summed E-state index contributed by atoms with van der Waals surface area (Å²) in [5, 5.41) is 6.44. The number of para-hydroxylation sites is 1. The number of amides is 1. The molecule has 0 N–H and O–H groups in total. The molecular weight excluding hydrogens is 526 g/mol. The number of anilines is 1. The SMILES string of the molecule is COc1ccc(-n2nc(C(=O)N3CCN(c4cccc(C)c4)[C@H](C)C3)c3c4ccccc4n(C)c3c2=O)cc1Cl. The third-order valence-corrected chi connectivity index (χ3v) is 8.06. The Kier molecular flexibility index (Phi) is 6.50. The molecule has 2 aromatic heterocycles. The minimum absolute atomic E-state index is 0.105. The summed E-state index contributed by atoms with van der Waals surface area (Å²) in [7, 11) is 3.37. The standard InChI is InChI=1S/C31H30ClN5O3/c1-19-8-7-9-21(16-19)36-15-14-35(18-20(36)2)30(38)28-27-23-10-5-6-11-25(23)34(3)29(27)31(39)37(33-28)22-12-13-26(40-4)24(32)17-22/h5-13,16-17,20H,14-15,18H2,1-4H3/t20-/m1/s1. The number of nitrogens with zero attached hydrogens (tertiary/aromatic N) is 5. The third-order valence-electron chi connectivity index (χ3n) is 7.77. The van der Waals surface area contributed by atoms with Gasteiger partial charge in [0.05, 0.1) is 17.8 Å². The lowest BCUT2D eigenvalue weighted by Gasteiger charge is -2.41. The van der Waals surface area contributed by atoms with Crippen LogP contribution in [0.25, 0.3) is 27.5 Å². The van der Waals surface area contributed by atoms with Crippen molar-refractivity contribution >= 4 is 45.0 Å². The highest BCUT2D eigenvalue weighted by Crippen LogP contribution is 2.31. The minimum atomic E-state index is -0.330. The number of ether oxygens (including phenoxy) is 1. The van der Waals surface area contributed by atoms with Gasteiger partial charge >= 0.3 is 0 Å². The summed E-state index contributed by atoms with van der Waals surface area (Å²) < 4.78 is 8.39. The van der Waals surface area contributed by atoms with Gasteiger partial charge in [-0.1, -0.05) is 41.9 Å². The van der Waals surface area contributed by atoms with Crippen LogP contribution >= 0.6 is 11.6 Å². The third kappa shape index (κ3) is 4.19. The Labute approximate surface area is 236 Å². The van der Waals surface area contributed by atoms with Gasteiger partial charge in [0.15, 0.2) is 5.69 Å². The van der Waals surface area contributed by atoms with Crippen molar-refractivity contribution in [2.45, 2.75) is 19.9 Å². The molecule has 3 aromatic carbocycles. The molecule has 5 aromatic rings. The molecule has 1 saturated heterocycles. The highest BCUT2D eigenvalue weighted by Gasteiger charge is 2.31. The topological polar surface area (TPSA) is 72.6 Å². The molecule has 1 amide bonds. The van der Waals surface area contributed by atoms with Gasteiger partial charge in [-0.3, -0.25) is 9.59 Å². The Morgan fingerprint density at radius 1 is 1.02 bits per heavy atom. The number of aryl methyl sites for hydroxylation is 2. The first-order chi connectivity index (χ1) is 19.3. The average Bonchev–Trinajstić information content (AvgIpc) is 3.26. The van der Waals surface area contributed by atoms with Crippen molar-refractivity contribution in [2.24, 2.45) is 7.05 Å². The van der Waals surface area contributed by atoms with E-state index in [1.165, 1.54) is 17.4 Å². The zero-order valence-corrected chi connectivity index (χ0v) is 23.6. The second kappa shape index (κ2) is 10.0. The summed E-state index contributed by atoms with van der Waals surface area (Å²) in [4.78, 5) is 32.3. The highest BCUT2D eigenvalue weighted by atomic mass is 35.5. The van der Waals surface area contributed by atoms with Crippen molar-refractivity contribution in [2.75, 3.05) is 31.6 Å². The molecular formula is C31H30ClN5O3. The fraction of sp³-hybridized carbons (Fsp3) is 0.258. The largest absolute Gasteiger partial charge is 0.495 e. The van der Waals surface area contributed by atoms with Gasteiger partial charge in [-0.05, 0) is 55.8 Å². The van der Waals surface area contributed by atoms with Crippen molar-refractivity contribution in [3.63, 3.8) is 0 Å². The number of hydrogen-bond acceptors (Lipinski definition) is 5. The fourth-order valence-corrected chi connectivity index (χ4v) is 6.02. The predicted octanol–water partition coefficient (Wildman–Crippen LogP) is 5.20. The minimum Gasteiger partial charge on any atom is -0.495 e. The van der Waals surface area contributed by atoms with Crippen LogP contribution in [0.1, 0.15) is 23.0 Å². The Morgan fingerprint density at radius 2 is 1.82 bits per heavy atom. The van der Waals surface area contributed by atoms with Crippen molar-refractivity contribution in [1.82, 2.24) is 19.2 Å². The molecule has 3 heterocycles. The number of hydrogen-bond donors (Lipinski definition) is 0. The van der Waals surface area contributed by atoms with Crippen molar-refractivity contribution in [3.8, 4) is 11.4 Å². The summed E-state index contributed by atoms with van der Waals surface area (Å²) in [6.45, 7) is 5.98. The molecule has 8 nitrogen and oxygen atoms in total. The Hall–Kier alpha value is -4.30. The number of fused-ring (bicyclic) bond motifs is 3. The normalized spacial score (nSPS) is 15.7. The van der Waals surface area contributed by atoms with Gasteiger partial charge in [0.1, 0.15) is 11.3 Å². The lowest BCUT2D eigenvalue weighted by atomic mass is 10.1. The van der Waals surface area contributed by atoms with Crippen LogP contribution in [0, 0.1) is 6.92 Å². The van der Waals surface area contributed by atoms with E-state index >= 15 is 0 Å². The van der Waals surface area contributed by atoms with E-state index in [-0.39, 0.29) is 23.2 Å². The smallest absolute Gasteiger partial charge is 0.296 e. The van der Waals surface area contributed by atoms with E-state index in [0.29, 0.717) is 47.0 Å². The van der Waals surface area contributed by atoms with Gasteiger partial charge in [-0.15, -0.1) is 0 Å². The molecule has 0 saturated carbocycles. The molecule has 1 aliphatic heterocycles. The molecule has 0 radical (unpaired) electrons. The number of piperazine rings is 1. The van der Waals surface area contributed by atoms with Crippen molar-refractivity contribution < 1.29 is 9.53 Å². The van der Waals surface area contributed by atoms with E-state index in [1.54, 1.807) is 18.2 Å².